The van der Waals surface area contributed by atoms with Gasteiger partial charge in [0.05, 0.1) is 16.8 Å². The summed E-state index contributed by atoms with van der Waals surface area (Å²) in [6, 6.07) is 23.7. The molecule has 0 unspecified atom stereocenters. The van der Waals surface area contributed by atoms with E-state index in [2.05, 4.69) is 95.8 Å². The lowest BCUT2D eigenvalue weighted by atomic mass is 9.93. The Morgan fingerprint density at radius 1 is 1.00 bits per heavy atom. The number of aromatic nitrogens is 1. The van der Waals surface area contributed by atoms with Crippen molar-refractivity contribution in [3.63, 3.8) is 0 Å². The molecule has 0 radical (unpaired) electrons. The monoisotopic (exact) mass is 490 g/mol. The third-order valence-electron chi connectivity index (χ3n) is 7.57. The molecule has 1 saturated heterocycles. The zero-order chi connectivity index (χ0) is 25.8. The minimum Gasteiger partial charge on any atom is -0.396 e. The summed E-state index contributed by atoms with van der Waals surface area (Å²) in [6.45, 7) is 7.63. The molecule has 4 aromatic rings. The van der Waals surface area contributed by atoms with Crippen LogP contribution in [-0.2, 0) is 6.54 Å². The van der Waals surface area contributed by atoms with Gasteiger partial charge >= 0.3 is 0 Å². The first-order valence-corrected chi connectivity index (χ1v) is 13.1. The van der Waals surface area contributed by atoms with Crippen LogP contribution in [-0.4, -0.2) is 34.7 Å². The molecular formula is C32H34N4O. The zero-order valence-electron chi connectivity index (χ0n) is 21.7. The molecule has 37 heavy (non-hydrogen) atoms. The molecular weight excluding hydrogens is 456 g/mol. The number of nitrogens with one attached hydrogen (secondary N) is 1. The Kier molecular flexibility index (Phi) is 7.50. The summed E-state index contributed by atoms with van der Waals surface area (Å²) in [5.74, 6) is 0.672. The fourth-order valence-electron chi connectivity index (χ4n) is 5.36. The van der Waals surface area contributed by atoms with E-state index < -0.39 is 0 Å². The first-order valence-electron chi connectivity index (χ1n) is 13.1. The Morgan fingerprint density at radius 3 is 2.46 bits per heavy atom. The molecule has 1 aliphatic heterocycles. The minimum absolute atomic E-state index is 0.306. The number of likely N-dealkylation sites (tertiary alicyclic amines) is 1. The summed E-state index contributed by atoms with van der Waals surface area (Å²) in [6.07, 6.45) is 4.95. The molecule has 5 rings (SSSR count). The van der Waals surface area contributed by atoms with E-state index in [1.807, 2.05) is 0 Å². The maximum Gasteiger partial charge on any atom is 0.103 e. The number of rotatable bonds is 7. The fourth-order valence-corrected chi connectivity index (χ4v) is 5.36. The quantitative estimate of drug-likeness (QED) is 0.301. The molecule has 1 fully saturated rings. The van der Waals surface area contributed by atoms with Crippen LogP contribution in [0.15, 0.2) is 66.9 Å². The SMILES string of the molecule is Cc1ccc(Nc2c(C#N)cnc3cc(-c4ccc(CN5CCC(CCO)CC5)cc4)ccc23)c(C)c1. The standard InChI is InChI=1S/C32H34N4O/c1-22-3-10-30(23(2)17-22)35-32-28(19-33)20-34-31-18-27(8-9-29(31)32)26-6-4-25(5-7-26)21-36-14-11-24(12-15-36)13-16-37/h3-10,17-18,20,24,37H,11-16,21H2,1-2H3,(H,34,35). The Labute approximate surface area is 219 Å². The highest BCUT2D eigenvalue weighted by atomic mass is 16.3. The molecule has 5 heteroatoms. The van der Waals surface area contributed by atoms with Crippen LogP contribution in [0.4, 0.5) is 11.4 Å². The fraction of sp³-hybridized carbons (Fsp3) is 0.312. The third kappa shape index (κ3) is 5.67. The number of piperidine rings is 1. The van der Waals surface area contributed by atoms with E-state index in [1.165, 1.54) is 24.0 Å². The molecule has 0 bridgehead atoms. The smallest absolute Gasteiger partial charge is 0.103 e. The van der Waals surface area contributed by atoms with Gasteiger partial charge in [-0.2, -0.15) is 5.26 Å². The van der Waals surface area contributed by atoms with Crippen molar-refractivity contribution >= 4 is 22.3 Å². The van der Waals surface area contributed by atoms with E-state index in [4.69, 9.17) is 0 Å². The van der Waals surface area contributed by atoms with Gasteiger partial charge in [0.15, 0.2) is 0 Å². The number of hydrogen-bond donors (Lipinski definition) is 2. The number of aliphatic hydroxyl groups excluding tert-OH is 1. The summed E-state index contributed by atoms with van der Waals surface area (Å²) in [5, 5.41) is 23.4. The summed E-state index contributed by atoms with van der Waals surface area (Å²) in [4.78, 5) is 7.12. The highest BCUT2D eigenvalue weighted by Crippen LogP contribution is 2.33. The third-order valence-corrected chi connectivity index (χ3v) is 7.57. The van der Waals surface area contributed by atoms with Crippen molar-refractivity contribution in [3.8, 4) is 17.2 Å². The largest absolute Gasteiger partial charge is 0.396 e. The first-order chi connectivity index (χ1) is 18.0. The molecule has 2 N–H and O–H groups in total. The second-order valence-corrected chi connectivity index (χ2v) is 10.3. The van der Waals surface area contributed by atoms with Gasteiger partial charge in [0.2, 0.25) is 0 Å². The first kappa shape index (κ1) is 25.0. The van der Waals surface area contributed by atoms with Crippen molar-refractivity contribution in [1.82, 2.24) is 9.88 Å². The summed E-state index contributed by atoms with van der Waals surface area (Å²) in [7, 11) is 0. The molecule has 0 saturated carbocycles. The molecule has 2 heterocycles. The van der Waals surface area contributed by atoms with Crippen LogP contribution in [0.2, 0.25) is 0 Å². The molecule has 0 amide bonds. The highest BCUT2D eigenvalue weighted by Gasteiger charge is 2.19. The molecule has 0 aliphatic carbocycles. The molecule has 0 spiro atoms. The Balaban J connectivity index is 1.35. The Morgan fingerprint density at radius 2 is 1.76 bits per heavy atom. The number of anilines is 2. The zero-order valence-corrected chi connectivity index (χ0v) is 21.7. The van der Waals surface area contributed by atoms with Crippen LogP contribution >= 0.6 is 0 Å². The van der Waals surface area contributed by atoms with E-state index in [1.54, 1.807) is 6.20 Å². The number of aliphatic hydroxyl groups is 1. The van der Waals surface area contributed by atoms with Gasteiger partial charge in [-0.15, -0.1) is 0 Å². The van der Waals surface area contributed by atoms with Gasteiger partial charge in [0, 0.05) is 30.4 Å². The van der Waals surface area contributed by atoms with Crippen LogP contribution in [0.25, 0.3) is 22.0 Å². The van der Waals surface area contributed by atoms with Crippen LogP contribution in [0, 0.1) is 31.1 Å². The van der Waals surface area contributed by atoms with Gasteiger partial charge in [-0.3, -0.25) is 9.88 Å². The number of nitrogens with zero attached hydrogens (tertiary/aromatic N) is 3. The van der Waals surface area contributed by atoms with Gasteiger partial charge in [-0.1, -0.05) is 54.1 Å². The predicted molar refractivity (Wildman–Crippen MR) is 151 cm³/mol. The van der Waals surface area contributed by atoms with Crippen molar-refractivity contribution < 1.29 is 5.11 Å². The lowest BCUT2D eigenvalue weighted by Crippen LogP contribution is -2.33. The van der Waals surface area contributed by atoms with Crippen LogP contribution in [0.5, 0.6) is 0 Å². The van der Waals surface area contributed by atoms with Gasteiger partial charge in [-0.25, -0.2) is 0 Å². The summed E-state index contributed by atoms with van der Waals surface area (Å²) >= 11 is 0. The van der Waals surface area contributed by atoms with Gasteiger partial charge in [0.1, 0.15) is 6.07 Å². The summed E-state index contributed by atoms with van der Waals surface area (Å²) in [5.41, 5.74) is 9.11. The molecule has 5 nitrogen and oxygen atoms in total. The maximum absolute atomic E-state index is 9.74. The maximum atomic E-state index is 9.74. The highest BCUT2D eigenvalue weighted by molar-refractivity contribution is 5.97. The second-order valence-electron chi connectivity index (χ2n) is 10.3. The van der Waals surface area contributed by atoms with E-state index in [9.17, 15) is 10.4 Å². The predicted octanol–water partition coefficient (Wildman–Crippen LogP) is 6.73. The number of aryl methyl sites for hydroxylation is 2. The molecule has 188 valence electrons. The number of pyridine rings is 1. The van der Waals surface area contributed by atoms with Gasteiger partial charge in [-0.05, 0) is 86.5 Å². The molecule has 1 aromatic heterocycles. The van der Waals surface area contributed by atoms with Gasteiger partial charge < -0.3 is 10.4 Å². The van der Waals surface area contributed by atoms with Crippen molar-refractivity contribution in [1.29, 1.82) is 5.26 Å². The van der Waals surface area contributed by atoms with Crippen molar-refractivity contribution in [2.24, 2.45) is 5.92 Å². The normalized spacial score (nSPS) is 14.5. The van der Waals surface area contributed by atoms with E-state index >= 15 is 0 Å². The molecule has 1 aliphatic rings. The van der Waals surface area contributed by atoms with Crippen LogP contribution in [0.1, 0.15) is 41.5 Å². The molecule has 0 atom stereocenters. The number of fused-ring (bicyclic) bond motifs is 1. The van der Waals surface area contributed by atoms with Crippen molar-refractivity contribution in [2.75, 3.05) is 25.0 Å². The van der Waals surface area contributed by atoms with Crippen LogP contribution < -0.4 is 5.32 Å². The van der Waals surface area contributed by atoms with E-state index in [-0.39, 0.29) is 0 Å². The lowest BCUT2D eigenvalue weighted by molar-refractivity contribution is 0.153. The number of hydrogen-bond acceptors (Lipinski definition) is 5. The van der Waals surface area contributed by atoms with E-state index in [0.29, 0.717) is 18.1 Å². The number of nitriles is 1. The minimum atomic E-state index is 0.306. The average molecular weight is 491 g/mol. The Hall–Kier alpha value is -3.72. The average Bonchev–Trinajstić information content (AvgIpc) is 2.91. The van der Waals surface area contributed by atoms with E-state index in [0.717, 1.165) is 65.0 Å². The Bertz CT molecular complexity index is 1430. The number of benzene rings is 3. The van der Waals surface area contributed by atoms with Crippen LogP contribution in [0.3, 0.4) is 0 Å². The topological polar surface area (TPSA) is 72.2 Å². The van der Waals surface area contributed by atoms with Crippen molar-refractivity contribution in [3.05, 3.63) is 89.1 Å². The van der Waals surface area contributed by atoms with Gasteiger partial charge in [0.25, 0.3) is 0 Å². The second kappa shape index (κ2) is 11.1. The summed E-state index contributed by atoms with van der Waals surface area (Å²) < 4.78 is 0. The van der Waals surface area contributed by atoms with Crippen molar-refractivity contribution in [2.45, 2.75) is 39.7 Å². The molecule has 3 aromatic carbocycles. The lowest BCUT2D eigenvalue weighted by Gasteiger charge is -2.31.